The van der Waals surface area contributed by atoms with Gasteiger partial charge in [0.15, 0.2) is 5.54 Å². The molecule has 0 amide bonds. The number of aryl methyl sites for hydroxylation is 1. The number of nitrogens with zero attached hydrogens (tertiary/aromatic N) is 3. The molecule has 1 aromatic heterocycles. The molecule has 1 aliphatic heterocycles. The zero-order valence-electron chi connectivity index (χ0n) is 15.5. The molecule has 1 atom stereocenters. The van der Waals surface area contributed by atoms with E-state index in [4.69, 9.17) is 10.5 Å². The number of nitrogens with two attached hydrogens (primary N) is 1. The van der Waals surface area contributed by atoms with E-state index in [0.29, 0.717) is 5.56 Å². The summed E-state index contributed by atoms with van der Waals surface area (Å²) >= 11 is 0. The van der Waals surface area contributed by atoms with E-state index in [1.54, 1.807) is 37.6 Å². The molecule has 0 saturated heterocycles. The Bertz CT molecular complexity index is 1060. The molecule has 2 aromatic carbocycles. The molecule has 8 heteroatoms. The molecule has 148 valence electrons. The van der Waals surface area contributed by atoms with Gasteiger partial charge in [0.1, 0.15) is 12.4 Å². The van der Waals surface area contributed by atoms with Gasteiger partial charge in [0.05, 0.1) is 11.9 Å². The molecular formula is C21H18F2N4O2. The second-order valence-corrected chi connectivity index (χ2v) is 6.63. The summed E-state index contributed by atoms with van der Waals surface area (Å²) < 4.78 is 35.3. The Labute approximate surface area is 166 Å². The van der Waals surface area contributed by atoms with E-state index in [0.717, 1.165) is 22.4 Å². The molecule has 0 radical (unpaired) electrons. The highest BCUT2D eigenvalue weighted by Crippen LogP contribution is 2.40. The first-order valence-electron chi connectivity index (χ1n) is 8.89. The number of hydrogen-bond donors (Lipinski definition) is 1. The van der Waals surface area contributed by atoms with Crippen molar-refractivity contribution < 1.29 is 18.3 Å². The van der Waals surface area contributed by atoms with E-state index in [1.165, 1.54) is 6.07 Å². The van der Waals surface area contributed by atoms with Gasteiger partial charge in [-0.1, -0.05) is 24.3 Å². The minimum atomic E-state index is -2.89. The molecule has 4 rings (SSSR count). The molecule has 6 nitrogen and oxygen atoms in total. The van der Waals surface area contributed by atoms with Gasteiger partial charge in [-0.25, -0.2) is 4.99 Å². The van der Waals surface area contributed by atoms with Crippen molar-refractivity contribution in [2.45, 2.75) is 19.1 Å². The average molecular weight is 396 g/mol. The van der Waals surface area contributed by atoms with Crippen LogP contribution in [0.3, 0.4) is 0 Å². The number of hydrogen-bond acceptors (Lipinski definition) is 6. The first kappa shape index (κ1) is 18.8. The van der Waals surface area contributed by atoms with Crippen LogP contribution in [0.4, 0.5) is 8.78 Å². The van der Waals surface area contributed by atoms with Crippen molar-refractivity contribution in [3.63, 3.8) is 0 Å². The molecular weight excluding hydrogens is 378 g/mol. The number of benzene rings is 2. The third-order valence-electron chi connectivity index (χ3n) is 4.80. The van der Waals surface area contributed by atoms with Gasteiger partial charge in [0, 0.05) is 18.0 Å². The maximum absolute atomic E-state index is 12.6. The minimum absolute atomic E-state index is 0.0699. The van der Waals surface area contributed by atoms with E-state index in [2.05, 4.69) is 19.7 Å². The third-order valence-corrected chi connectivity index (χ3v) is 4.80. The van der Waals surface area contributed by atoms with Crippen LogP contribution in [0.2, 0.25) is 0 Å². The summed E-state index contributed by atoms with van der Waals surface area (Å²) in [5.41, 5.74) is 8.69. The summed E-state index contributed by atoms with van der Waals surface area (Å²) in [6.07, 6.45) is 4.91. The molecule has 3 aromatic rings. The quantitative estimate of drug-likeness (QED) is 0.712. The Morgan fingerprint density at radius 1 is 1.14 bits per heavy atom. The van der Waals surface area contributed by atoms with Crippen molar-refractivity contribution >= 4 is 6.02 Å². The SMILES string of the molecule is Cc1cc(C2(c3cccc(-c4cnccn4)c3)COC(N)=N2)ccc1OC(F)F. The summed E-state index contributed by atoms with van der Waals surface area (Å²) in [5, 5.41) is 0. The van der Waals surface area contributed by atoms with Gasteiger partial charge in [-0.05, 0) is 41.8 Å². The molecule has 0 bridgehead atoms. The van der Waals surface area contributed by atoms with E-state index in [1.807, 2.05) is 24.3 Å². The lowest BCUT2D eigenvalue weighted by atomic mass is 9.83. The molecule has 1 unspecified atom stereocenters. The maximum Gasteiger partial charge on any atom is 0.387 e. The molecule has 0 spiro atoms. The number of amidine groups is 1. The average Bonchev–Trinajstić information content (AvgIpc) is 3.13. The Balaban J connectivity index is 1.81. The van der Waals surface area contributed by atoms with Crippen LogP contribution in [0.1, 0.15) is 16.7 Å². The predicted octanol–water partition coefficient (Wildman–Crippen LogP) is 3.64. The highest BCUT2D eigenvalue weighted by atomic mass is 19.3. The Morgan fingerprint density at radius 2 is 1.97 bits per heavy atom. The number of aromatic nitrogens is 2. The number of alkyl halides is 2. The van der Waals surface area contributed by atoms with Crippen LogP contribution in [-0.4, -0.2) is 29.2 Å². The number of halogens is 2. The number of ether oxygens (including phenoxy) is 2. The van der Waals surface area contributed by atoms with Crippen LogP contribution >= 0.6 is 0 Å². The molecule has 2 heterocycles. The van der Waals surface area contributed by atoms with Crippen molar-refractivity contribution in [3.8, 4) is 17.0 Å². The van der Waals surface area contributed by atoms with Crippen molar-refractivity contribution in [1.82, 2.24) is 9.97 Å². The lowest BCUT2D eigenvalue weighted by molar-refractivity contribution is -0.0503. The summed E-state index contributed by atoms with van der Waals surface area (Å²) in [4.78, 5) is 13.0. The van der Waals surface area contributed by atoms with Gasteiger partial charge in [0.2, 0.25) is 0 Å². The largest absolute Gasteiger partial charge is 0.462 e. The van der Waals surface area contributed by atoms with E-state index in [9.17, 15) is 8.78 Å². The fraction of sp³-hybridized carbons (Fsp3) is 0.190. The zero-order valence-corrected chi connectivity index (χ0v) is 15.5. The van der Waals surface area contributed by atoms with Crippen molar-refractivity contribution in [1.29, 1.82) is 0 Å². The smallest absolute Gasteiger partial charge is 0.387 e. The lowest BCUT2D eigenvalue weighted by Gasteiger charge is -2.26. The summed E-state index contributed by atoms with van der Waals surface area (Å²) in [6, 6.07) is 12.7. The number of rotatable bonds is 5. The van der Waals surface area contributed by atoms with E-state index in [-0.39, 0.29) is 18.4 Å². The monoisotopic (exact) mass is 396 g/mol. The summed E-state index contributed by atoms with van der Waals surface area (Å²) in [7, 11) is 0. The van der Waals surface area contributed by atoms with Crippen LogP contribution < -0.4 is 10.5 Å². The Hall–Kier alpha value is -3.55. The van der Waals surface area contributed by atoms with Crippen LogP contribution in [0.25, 0.3) is 11.3 Å². The first-order valence-corrected chi connectivity index (χ1v) is 8.89. The first-order chi connectivity index (χ1) is 14.0. The summed E-state index contributed by atoms with van der Waals surface area (Å²) in [6.45, 7) is -0.994. The van der Waals surface area contributed by atoms with Gasteiger partial charge in [-0.15, -0.1) is 0 Å². The second-order valence-electron chi connectivity index (χ2n) is 6.63. The van der Waals surface area contributed by atoms with Gasteiger partial charge in [-0.2, -0.15) is 8.78 Å². The Kier molecular flexibility index (Phi) is 4.84. The summed E-state index contributed by atoms with van der Waals surface area (Å²) in [5.74, 6) is 0.114. The van der Waals surface area contributed by atoms with Crippen LogP contribution in [0, 0.1) is 6.92 Å². The zero-order chi connectivity index (χ0) is 20.4. The highest BCUT2D eigenvalue weighted by Gasteiger charge is 2.40. The third kappa shape index (κ3) is 3.61. The molecule has 29 heavy (non-hydrogen) atoms. The van der Waals surface area contributed by atoms with Gasteiger partial charge < -0.3 is 15.2 Å². The van der Waals surface area contributed by atoms with E-state index < -0.39 is 12.2 Å². The molecule has 0 fully saturated rings. The number of aliphatic imine (C=N–C) groups is 1. The standard InChI is InChI=1S/C21H18F2N4O2/c1-13-9-16(5-6-18(13)29-19(22)23)21(12-28-20(24)27-21)15-4-2-3-14(10-15)17-11-25-7-8-26-17/h2-11,19H,12H2,1H3,(H2,24,27). The van der Waals surface area contributed by atoms with Crippen LogP contribution in [0.5, 0.6) is 5.75 Å². The lowest BCUT2D eigenvalue weighted by Crippen LogP contribution is -2.27. The fourth-order valence-corrected chi connectivity index (χ4v) is 3.41. The molecule has 1 aliphatic rings. The minimum Gasteiger partial charge on any atom is -0.462 e. The predicted molar refractivity (Wildman–Crippen MR) is 104 cm³/mol. The van der Waals surface area contributed by atoms with Gasteiger partial charge in [0.25, 0.3) is 6.02 Å². The van der Waals surface area contributed by atoms with Gasteiger partial charge in [-0.3, -0.25) is 9.97 Å². The van der Waals surface area contributed by atoms with Crippen molar-refractivity contribution in [2.24, 2.45) is 10.7 Å². The van der Waals surface area contributed by atoms with Gasteiger partial charge >= 0.3 is 6.61 Å². The topological polar surface area (TPSA) is 82.6 Å². The molecule has 0 saturated carbocycles. The maximum atomic E-state index is 12.6. The van der Waals surface area contributed by atoms with Crippen LogP contribution in [-0.2, 0) is 10.3 Å². The molecule has 0 aliphatic carbocycles. The van der Waals surface area contributed by atoms with Crippen LogP contribution in [0.15, 0.2) is 66.0 Å². The fourth-order valence-electron chi connectivity index (χ4n) is 3.41. The van der Waals surface area contributed by atoms with Crippen molar-refractivity contribution in [2.75, 3.05) is 6.61 Å². The normalized spacial score (nSPS) is 18.4. The van der Waals surface area contributed by atoms with Crippen molar-refractivity contribution in [3.05, 3.63) is 77.7 Å². The highest BCUT2D eigenvalue weighted by molar-refractivity contribution is 5.75. The van der Waals surface area contributed by atoms with E-state index >= 15 is 0 Å². The second kappa shape index (κ2) is 7.46. The molecule has 2 N–H and O–H groups in total. The Morgan fingerprint density at radius 3 is 2.62 bits per heavy atom.